The molecule has 0 unspecified atom stereocenters. The van der Waals surface area contributed by atoms with E-state index in [9.17, 15) is 9.59 Å². The van der Waals surface area contributed by atoms with E-state index in [1.54, 1.807) is 6.08 Å². The Kier molecular flexibility index (Phi) is 7.29. The van der Waals surface area contributed by atoms with E-state index in [4.69, 9.17) is 0 Å². The highest BCUT2D eigenvalue weighted by Crippen LogP contribution is 2.25. The van der Waals surface area contributed by atoms with Crippen molar-refractivity contribution in [2.24, 2.45) is 0 Å². The first-order valence-electron chi connectivity index (χ1n) is 9.95. The van der Waals surface area contributed by atoms with E-state index in [0.717, 1.165) is 4.91 Å². The lowest BCUT2D eigenvalue weighted by Gasteiger charge is -2.19. The number of thioether (sulfide) groups is 1. The number of Topliss-reactive ketones (excluding diaryl/α,β-unsaturated/α-hetero) is 1. The second kappa shape index (κ2) is 9.13. The van der Waals surface area contributed by atoms with Crippen LogP contribution < -0.4 is 0 Å². The molecular formula is C26H32O2S. The van der Waals surface area contributed by atoms with Crippen LogP contribution in [0.25, 0.3) is 0 Å². The average Bonchev–Trinajstić information content (AvgIpc) is 2.66. The molecule has 0 radical (unpaired) electrons. The lowest BCUT2D eigenvalue weighted by Crippen LogP contribution is -2.11. The van der Waals surface area contributed by atoms with E-state index in [2.05, 4.69) is 41.5 Å². The van der Waals surface area contributed by atoms with E-state index >= 15 is 0 Å². The van der Waals surface area contributed by atoms with Gasteiger partial charge in [-0.15, -0.1) is 11.8 Å². The number of rotatable bonds is 6. The molecule has 29 heavy (non-hydrogen) atoms. The molecule has 0 aliphatic rings. The monoisotopic (exact) mass is 408 g/mol. The maximum atomic E-state index is 12.7. The topological polar surface area (TPSA) is 34.1 Å². The fourth-order valence-electron chi connectivity index (χ4n) is 2.96. The molecule has 0 saturated heterocycles. The van der Waals surface area contributed by atoms with Crippen LogP contribution in [-0.2, 0) is 10.8 Å². The molecule has 2 rings (SSSR count). The third kappa shape index (κ3) is 6.43. The van der Waals surface area contributed by atoms with Crippen LogP contribution in [0.3, 0.4) is 0 Å². The highest BCUT2D eigenvalue weighted by atomic mass is 32.2. The van der Waals surface area contributed by atoms with Gasteiger partial charge in [-0.1, -0.05) is 90.1 Å². The molecule has 0 aliphatic carbocycles. The Bertz CT molecular complexity index is 890. The molecule has 0 aromatic heterocycles. The fraction of sp³-hybridized carbons (Fsp3) is 0.385. The summed E-state index contributed by atoms with van der Waals surface area (Å²) in [6, 6.07) is 15.5. The first-order chi connectivity index (χ1) is 13.4. The minimum atomic E-state index is -0.0642. The van der Waals surface area contributed by atoms with E-state index < -0.39 is 0 Å². The van der Waals surface area contributed by atoms with Crippen molar-refractivity contribution in [3.8, 4) is 0 Å². The molecule has 0 heterocycles. The number of carbonyl (C=O) groups excluding carboxylic acids is 2. The largest absolute Gasteiger partial charge is 0.294 e. The van der Waals surface area contributed by atoms with Crippen molar-refractivity contribution in [1.82, 2.24) is 0 Å². The third-order valence-electron chi connectivity index (χ3n) is 5.00. The molecule has 2 nitrogen and oxygen atoms in total. The number of hydrogen-bond acceptors (Lipinski definition) is 3. The van der Waals surface area contributed by atoms with Crippen LogP contribution in [-0.4, -0.2) is 17.8 Å². The Morgan fingerprint density at radius 2 is 1.17 bits per heavy atom. The van der Waals surface area contributed by atoms with Gasteiger partial charge in [0.05, 0.1) is 0 Å². The maximum absolute atomic E-state index is 12.7. The SMILES string of the molecule is CSC(=CC(=O)c1ccc(C(C)(C)C)cc1)CC(=O)c1ccc(C(C)(C)C)cc1. The zero-order valence-electron chi connectivity index (χ0n) is 18.6. The highest BCUT2D eigenvalue weighted by molar-refractivity contribution is 8.02. The van der Waals surface area contributed by atoms with Crippen LogP contribution >= 0.6 is 11.8 Å². The molecular weight excluding hydrogens is 376 g/mol. The standard InChI is InChI=1S/C26H32O2S/c1-25(2,3)20-12-8-18(9-13-20)23(27)16-22(29-7)17-24(28)19-10-14-21(15-11-19)26(4,5)6/h8-16H,17H2,1-7H3. The normalized spacial score (nSPS) is 12.7. The van der Waals surface area contributed by atoms with Gasteiger partial charge in [0, 0.05) is 17.5 Å². The highest BCUT2D eigenvalue weighted by Gasteiger charge is 2.16. The van der Waals surface area contributed by atoms with Crippen LogP contribution in [0.5, 0.6) is 0 Å². The fourth-order valence-corrected chi connectivity index (χ4v) is 3.46. The first kappa shape index (κ1) is 23.2. The zero-order chi connectivity index (χ0) is 21.8. The van der Waals surface area contributed by atoms with Crippen molar-refractivity contribution >= 4 is 23.3 Å². The van der Waals surface area contributed by atoms with Gasteiger partial charge in [-0.2, -0.15) is 0 Å². The number of hydrogen-bond donors (Lipinski definition) is 0. The minimum absolute atomic E-state index is 0.0296. The van der Waals surface area contributed by atoms with Gasteiger partial charge in [-0.05, 0) is 39.2 Å². The lowest BCUT2D eigenvalue weighted by atomic mass is 9.86. The first-order valence-corrected chi connectivity index (χ1v) is 11.2. The second-order valence-corrected chi connectivity index (χ2v) is 10.4. The summed E-state index contributed by atoms with van der Waals surface area (Å²) in [7, 11) is 0. The third-order valence-corrected chi connectivity index (χ3v) is 5.78. The summed E-state index contributed by atoms with van der Waals surface area (Å²) in [5.41, 5.74) is 3.82. The molecule has 0 N–H and O–H groups in total. The minimum Gasteiger partial charge on any atom is -0.294 e. The van der Waals surface area contributed by atoms with Crippen molar-refractivity contribution in [3.63, 3.8) is 0 Å². The van der Waals surface area contributed by atoms with Crippen molar-refractivity contribution in [2.45, 2.75) is 58.8 Å². The number of carbonyl (C=O) groups is 2. The number of benzene rings is 2. The maximum Gasteiger partial charge on any atom is 0.186 e. The Morgan fingerprint density at radius 1 is 0.759 bits per heavy atom. The summed E-state index contributed by atoms with van der Waals surface area (Å²) in [6.07, 6.45) is 3.73. The van der Waals surface area contributed by atoms with Gasteiger partial charge in [0.15, 0.2) is 11.6 Å². The Balaban J connectivity index is 2.13. The molecule has 2 aromatic carbocycles. The second-order valence-electron chi connectivity index (χ2n) is 9.43. The lowest BCUT2D eigenvalue weighted by molar-refractivity contribution is 0.0995. The number of ketones is 2. The summed E-state index contributed by atoms with van der Waals surface area (Å²) in [4.78, 5) is 26.1. The molecule has 154 valence electrons. The Labute approximate surface area is 179 Å². The Hall–Kier alpha value is -2.13. The van der Waals surface area contributed by atoms with Gasteiger partial charge in [-0.25, -0.2) is 0 Å². The molecule has 0 aliphatic heterocycles. The van der Waals surface area contributed by atoms with Crippen molar-refractivity contribution < 1.29 is 9.59 Å². The van der Waals surface area contributed by atoms with E-state index in [0.29, 0.717) is 11.1 Å². The molecule has 0 saturated carbocycles. The summed E-state index contributed by atoms with van der Waals surface area (Å²) in [5.74, 6) is -0.0346. The van der Waals surface area contributed by atoms with Crippen LogP contribution in [0.4, 0.5) is 0 Å². The van der Waals surface area contributed by atoms with Crippen LogP contribution in [0, 0.1) is 0 Å². The van der Waals surface area contributed by atoms with Gasteiger partial charge in [-0.3, -0.25) is 9.59 Å². The molecule has 3 heteroatoms. The molecule has 0 spiro atoms. The van der Waals surface area contributed by atoms with Crippen LogP contribution in [0.1, 0.15) is 79.8 Å². The molecule has 0 fully saturated rings. The summed E-state index contributed by atoms with van der Waals surface area (Å²) in [6.45, 7) is 12.9. The van der Waals surface area contributed by atoms with Crippen LogP contribution in [0.2, 0.25) is 0 Å². The molecule has 0 bridgehead atoms. The van der Waals surface area contributed by atoms with E-state index in [1.807, 2.05) is 54.8 Å². The van der Waals surface area contributed by atoms with Gasteiger partial charge in [0.25, 0.3) is 0 Å². The van der Waals surface area contributed by atoms with Crippen molar-refractivity contribution in [2.75, 3.05) is 6.26 Å². The summed E-state index contributed by atoms with van der Waals surface area (Å²) in [5, 5.41) is 0. The van der Waals surface area contributed by atoms with Crippen molar-refractivity contribution in [3.05, 3.63) is 81.8 Å². The smallest absolute Gasteiger partial charge is 0.186 e. The average molecular weight is 409 g/mol. The van der Waals surface area contributed by atoms with E-state index in [1.165, 1.54) is 22.9 Å². The van der Waals surface area contributed by atoms with Gasteiger partial charge in [0.1, 0.15) is 0 Å². The zero-order valence-corrected chi connectivity index (χ0v) is 19.4. The van der Waals surface area contributed by atoms with Gasteiger partial charge < -0.3 is 0 Å². The predicted octanol–water partition coefficient (Wildman–Crippen LogP) is 6.98. The van der Waals surface area contributed by atoms with Gasteiger partial charge in [0.2, 0.25) is 0 Å². The number of allylic oxidation sites excluding steroid dienone is 2. The van der Waals surface area contributed by atoms with Gasteiger partial charge >= 0.3 is 0 Å². The van der Waals surface area contributed by atoms with E-state index in [-0.39, 0.29) is 28.8 Å². The quantitative estimate of drug-likeness (QED) is 0.382. The predicted molar refractivity (Wildman–Crippen MR) is 125 cm³/mol. The molecule has 0 amide bonds. The van der Waals surface area contributed by atoms with Crippen molar-refractivity contribution in [1.29, 1.82) is 0 Å². The summed E-state index contributed by atoms with van der Waals surface area (Å²) < 4.78 is 0. The molecule has 0 atom stereocenters. The Morgan fingerprint density at radius 3 is 1.55 bits per heavy atom. The summed E-state index contributed by atoms with van der Waals surface area (Å²) >= 11 is 1.45. The molecule has 2 aromatic rings. The van der Waals surface area contributed by atoms with Crippen LogP contribution in [0.15, 0.2) is 59.5 Å².